The second kappa shape index (κ2) is 45.6. The van der Waals surface area contributed by atoms with Crippen LogP contribution in [0.1, 0.15) is 233 Å². The highest BCUT2D eigenvalue weighted by Gasteiger charge is 2.24. The molecule has 0 spiro atoms. The molecule has 1 amide bonds. The van der Waals surface area contributed by atoms with E-state index in [1.54, 1.807) is 0 Å². The SMILES string of the molecule is CC/C=C/C=C/C=C\C=C/C=C/CCCCCC(=O)OC(CCCCCCCCCCCC)CC(=O)NC(CO)C(O)CCCCCCCCCCCCCCCC. The summed E-state index contributed by atoms with van der Waals surface area (Å²) in [5.74, 6) is -0.521. The summed E-state index contributed by atoms with van der Waals surface area (Å²) in [6.07, 6.45) is 55.6. The van der Waals surface area contributed by atoms with E-state index < -0.39 is 18.2 Å². The Balaban J connectivity index is 4.59. The molecule has 3 atom stereocenters. The zero-order valence-corrected chi connectivity index (χ0v) is 38.2. The van der Waals surface area contributed by atoms with E-state index in [2.05, 4.69) is 44.3 Å². The molecular formula is C52H93NO5. The smallest absolute Gasteiger partial charge is 0.306 e. The minimum absolute atomic E-state index is 0.0605. The number of unbranched alkanes of at least 4 members (excludes halogenated alkanes) is 25. The van der Waals surface area contributed by atoms with Gasteiger partial charge in [0, 0.05) is 6.42 Å². The number of carbonyl (C=O) groups excluding carboxylic acids is 2. The highest BCUT2D eigenvalue weighted by Crippen LogP contribution is 2.18. The molecule has 0 aliphatic rings. The van der Waals surface area contributed by atoms with E-state index in [0.717, 1.165) is 70.6 Å². The van der Waals surface area contributed by atoms with Crippen LogP contribution in [0.5, 0.6) is 0 Å². The van der Waals surface area contributed by atoms with Gasteiger partial charge in [0.15, 0.2) is 0 Å². The van der Waals surface area contributed by atoms with Gasteiger partial charge in [0.25, 0.3) is 0 Å². The quantitative estimate of drug-likeness (QED) is 0.0324. The first kappa shape index (κ1) is 55.6. The molecule has 6 nitrogen and oxygen atoms in total. The molecule has 58 heavy (non-hydrogen) atoms. The van der Waals surface area contributed by atoms with Crippen molar-refractivity contribution in [3.05, 3.63) is 60.8 Å². The van der Waals surface area contributed by atoms with E-state index in [1.807, 2.05) is 42.5 Å². The second-order valence-corrected chi connectivity index (χ2v) is 16.6. The van der Waals surface area contributed by atoms with Gasteiger partial charge in [0.1, 0.15) is 6.10 Å². The molecule has 0 saturated carbocycles. The summed E-state index contributed by atoms with van der Waals surface area (Å²) in [6, 6.07) is -0.709. The van der Waals surface area contributed by atoms with Crippen LogP contribution < -0.4 is 5.32 Å². The van der Waals surface area contributed by atoms with Gasteiger partial charge in [-0.15, -0.1) is 0 Å². The van der Waals surface area contributed by atoms with Crippen LogP contribution in [0.3, 0.4) is 0 Å². The standard InChI is InChI=1S/C52H93NO5/c1-4-7-10-13-16-19-22-24-26-28-30-33-36-39-42-45-52(57)58-48(43-40-37-34-31-21-18-15-12-9-6-3)46-51(56)53-49(47-54)50(55)44-41-38-35-32-29-27-25-23-20-17-14-11-8-5-2/h7,10,13,16,19,22,24,26,28,30,48-50,54-55H,4-6,8-9,11-12,14-15,17-18,20-21,23,25,27,29,31-47H2,1-3H3,(H,53,56)/b10-7+,16-13+,22-19-,26-24-,30-28+. The maximum Gasteiger partial charge on any atom is 0.306 e. The molecule has 336 valence electrons. The van der Waals surface area contributed by atoms with Gasteiger partial charge < -0.3 is 20.3 Å². The van der Waals surface area contributed by atoms with Gasteiger partial charge in [-0.05, 0) is 44.9 Å². The van der Waals surface area contributed by atoms with E-state index in [1.165, 1.54) is 116 Å². The van der Waals surface area contributed by atoms with Crippen molar-refractivity contribution in [2.24, 2.45) is 0 Å². The Kier molecular flexibility index (Phi) is 43.7. The van der Waals surface area contributed by atoms with Crippen molar-refractivity contribution in [2.75, 3.05) is 6.61 Å². The Bertz CT molecular complexity index is 1050. The first-order valence-electron chi connectivity index (χ1n) is 24.6. The Morgan fingerprint density at radius 2 is 0.931 bits per heavy atom. The number of ether oxygens (including phenoxy) is 1. The molecule has 0 rings (SSSR count). The maximum absolute atomic E-state index is 13.2. The van der Waals surface area contributed by atoms with E-state index in [0.29, 0.717) is 19.3 Å². The number of aliphatic hydroxyl groups is 2. The van der Waals surface area contributed by atoms with Gasteiger partial charge >= 0.3 is 5.97 Å². The lowest BCUT2D eigenvalue weighted by atomic mass is 10.0. The van der Waals surface area contributed by atoms with Crippen LogP contribution in [0.15, 0.2) is 60.8 Å². The zero-order chi connectivity index (χ0) is 42.4. The zero-order valence-electron chi connectivity index (χ0n) is 38.2. The molecule has 0 heterocycles. The molecule has 0 bridgehead atoms. The molecule has 0 aliphatic carbocycles. The van der Waals surface area contributed by atoms with Crippen molar-refractivity contribution in [3.63, 3.8) is 0 Å². The van der Waals surface area contributed by atoms with Crippen LogP contribution in [0.4, 0.5) is 0 Å². The number of aliphatic hydroxyl groups excluding tert-OH is 2. The normalized spacial score (nSPS) is 13.8. The molecule has 0 aliphatic heterocycles. The summed E-state index contributed by atoms with van der Waals surface area (Å²) in [7, 11) is 0. The highest BCUT2D eigenvalue weighted by molar-refractivity contribution is 5.77. The lowest BCUT2D eigenvalue weighted by Crippen LogP contribution is -2.46. The van der Waals surface area contributed by atoms with Crippen molar-refractivity contribution in [2.45, 2.75) is 251 Å². The van der Waals surface area contributed by atoms with Gasteiger partial charge in [-0.2, -0.15) is 0 Å². The molecule has 6 heteroatoms. The van der Waals surface area contributed by atoms with E-state index >= 15 is 0 Å². The monoisotopic (exact) mass is 812 g/mol. The molecule has 0 saturated heterocycles. The maximum atomic E-state index is 13.2. The predicted molar refractivity (Wildman–Crippen MR) is 250 cm³/mol. The molecule has 0 fully saturated rings. The third-order valence-corrected chi connectivity index (χ3v) is 11.0. The molecule has 3 N–H and O–H groups in total. The summed E-state index contributed by atoms with van der Waals surface area (Å²) in [4.78, 5) is 26.0. The Morgan fingerprint density at radius 1 is 0.517 bits per heavy atom. The van der Waals surface area contributed by atoms with Crippen LogP contribution in [0.25, 0.3) is 0 Å². The number of nitrogens with one attached hydrogen (secondary N) is 1. The lowest BCUT2D eigenvalue weighted by Gasteiger charge is -2.24. The molecule has 0 aromatic carbocycles. The fourth-order valence-electron chi connectivity index (χ4n) is 7.27. The number of carbonyl (C=O) groups is 2. The van der Waals surface area contributed by atoms with E-state index in [9.17, 15) is 19.8 Å². The number of allylic oxidation sites excluding steroid dienone is 10. The molecule has 0 radical (unpaired) electrons. The summed E-state index contributed by atoms with van der Waals surface area (Å²) < 4.78 is 5.89. The van der Waals surface area contributed by atoms with Crippen molar-refractivity contribution in [1.29, 1.82) is 0 Å². The van der Waals surface area contributed by atoms with Crippen molar-refractivity contribution < 1.29 is 24.5 Å². The van der Waals surface area contributed by atoms with Gasteiger partial charge in [-0.25, -0.2) is 0 Å². The first-order chi connectivity index (χ1) is 28.5. The molecular weight excluding hydrogens is 719 g/mol. The van der Waals surface area contributed by atoms with E-state index in [-0.39, 0.29) is 24.9 Å². The van der Waals surface area contributed by atoms with Gasteiger partial charge in [0.2, 0.25) is 5.91 Å². The van der Waals surface area contributed by atoms with Crippen molar-refractivity contribution in [1.82, 2.24) is 5.32 Å². The summed E-state index contributed by atoms with van der Waals surface area (Å²) >= 11 is 0. The number of amides is 1. The van der Waals surface area contributed by atoms with Crippen LogP contribution in [-0.4, -0.2) is 46.9 Å². The first-order valence-corrected chi connectivity index (χ1v) is 24.6. The number of rotatable bonds is 43. The third-order valence-electron chi connectivity index (χ3n) is 11.0. The van der Waals surface area contributed by atoms with E-state index in [4.69, 9.17) is 4.74 Å². The van der Waals surface area contributed by atoms with Crippen LogP contribution >= 0.6 is 0 Å². The van der Waals surface area contributed by atoms with Crippen LogP contribution in [-0.2, 0) is 14.3 Å². The highest BCUT2D eigenvalue weighted by atomic mass is 16.5. The lowest BCUT2D eigenvalue weighted by molar-refractivity contribution is -0.151. The number of esters is 1. The van der Waals surface area contributed by atoms with Crippen LogP contribution in [0, 0.1) is 0 Å². The summed E-state index contributed by atoms with van der Waals surface area (Å²) in [5, 5.41) is 23.7. The largest absolute Gasteiger partial charge is 0.462 e. The molecule has 3 unspecified atom stereocenters. The fraction of sp³-hybridized carbons (Fsp3) is 0.769. The van der Waals surface area contributed by atoms with Crippen molar-refractivity contribution >= 4 is 11.9 Å². The Morgan fingerprint density at radius 3 is 1.40 bits per heavy atom. The average molecular weight is 812 g/mol. The predicted octanol–water partition coefficient (Wildman–Crippen LogP) is 14.5. The minimum atomic E-state index is -0.794. The Hall–Kier alpha value is -2.44. The topological polar surface area (TPSA) is 95.9 Å². The number of hydrogen-bond acceptors (Lipinski definition) is 5. The van der Waals surface area contributed by atoms with Gasteiger partial charge in [-0.3, -0.25) is 9.59 Å². The molecule has 0 aromatic heterocycles. The Labute approximate surface area is 358 Å². The number of hydrogen-bond donors (Lipinski definition) is 3. The summed E-state index contributed by atoms with van der Waals surface area (Å²) in [6.45, 7) is 6.32. The molecule has 0 aromatic rings. The minimum Gasteiger partial charge on any atom is -0.462 e. The van der Waals surface area contributed by atoms with Crippen LogP contribution in [0.2, 0.25) is 0 Å². The van der Waals surface area contributed by atoms with Gasteiger partial charge in [-0.1, -0.05) is 236 Å². The third kappa shape index (κ3) is 40.3. The second-order valence-electron chi connectivity index (χ2n) is 16.6. The van der Waals surface area contributed by atoms with Gasteiger partial charge in [0.05, 0.1) is 25.2 Å². The summed E-state index contributed by atoms with van der Waals surface area (Å²) in [5.41, 5.74) is 0. The fourth-order valence-corrected chi connectivity index (χ4v) is 7.27. The average Bonchev–Trinajstić information content (AvgIpc) is 3.22. The van der Waals surface area contributed by atoms with Crippen molar-refractivity contribution in [3.8, 4) is 0 Å².